The molecule has 0 unspecified atom stereocenters. The normalized spacial score (nSPS) is 12.6. The number of pyridine rings is 1. The first-order valence-electron chi connectivity index (χ1n) is 3.92. The predicted molar refractivity (Wildman–Crippen MR) is 40.7 cm³/mol. The molecule has 0 fully saturated rings. The molecule has 0 atom stereocenters. The second-order valence-corrected chi connectivity index (χ2v) is 2.90. The van der Waals surface area contributed by atoms with Crippen molar-refractivity contribution in [2.75, 3.05) is 0 Å². The lowest BCUT2D eigenvalue weighted by Crippen LogP contribution is -2.28. The van der Waals surface area contributed by atoms with Crippen LogP contribution >= 0.6 is 0 Å². The Morgan fingerprint density at radius 2 is 1.71 bits per heavy atom. The number of aromatic nitrogens is 1. The molecule has 0 aliphatic heterocycles. The van der Waals surface area contributed by atoms with Gasteiger partial charge in [0.1, 0.15) is 5.69 Å². The minimum absolute atomic E-state index is 0.0853. The van der Waals surface area contributed by atoms with Crippen LogP contribution in [0, 0.1) is 5.82 Å². The molecule has 0 bridgehead atoms. The van der Waals surface area contributed by atoms with Crippen molar-refractivity contribution in [2.45, 2.75) is 12.1 Å². The van der Waals surface area contributed by atoms with E-state index in [1.165, 1.54) is 0 Å². The molecule has 0 radical (unpaired) electrons. The fourth-order valence-electron chi connectivity index (χ4n) is 0.925. The van der Waals surface area contributed by atoms with E-state index in [-0.39, 0.29) is 12.1 Å². The molecule has 1 heterocycles. The lowest BCUT2D eigenvalue weighted by atomic mass is 10.2. The third kappa shape index (κ3) is 2.48. The molecule has 1 aromatic heterocycles. The summed E-state index contributed by atoms with van der Waals surface area (Å²) in [7, 11) is 0. The van der Waals surface area contributed by atoms with Crippen LogP contribution < -0.4 is 0 Å². The van der Waals surface area contributed by atoms with Gasteiger partial charge in [-0.25, -0.2) is 14.2 Å². The van der Waals surface area contributed by atoms with Crippen molar-refractivity contribution in [1.82, 2.24) is 4.98 Å². The molecule has 17 heavy (non-hydrogen) atoms. The monoisotopic (exact) mass is 259 g/mol. The van der Waals surface area contributed by atoms with E-state index in [1.54, 1.807) is 0 Å². The molecule has 0 saturated carbocycles. The number of rotatable bonds is 2. The molecule has 9 heteroatoms. The summed E-state index contributed by atoms with van der Waals surface area (Å²) in [5.41, 5.74) is -3.87. The van der Waals surface area contributed by atoms with Crippen LogP contribution in [0.5, 0.6) is 0 Å². The van der Waals surface area contributed by atoms with Crippen molar-refractivity contribution < 1.29 is 36.2 Å². The van der Waals surface area contributed by atoms with Crippen LogP contribution in [0.1, 0.15) is 11.4 Å². The van der Waals surface area contributed by atoms with Gasteiger partial charge in [-0.3, -0.25) is 0 Å². The van der Waals surface area contributed by atoms with Crippen molar-refractivity contribution in [3.63, 3.8) is 0 Å². The molecule has 1 rings (SSSR count). The highest BCUT2D eigenvalue weighted by Crippen LogP contribution is 2.33. The summed E-state index contributed by atoms with van der Waals surface area (Å²) in [4.78, 5) is 12.4. The first kappa shape index (κ1) is 13.3. The average Bonchev–Trinajstić information content (AvgIpc) is 2.15. The zero-order valence-corrected chi connectivity index (χ0v) is 7.73. The predicted octanol–water partition coefficient (Wildman–Crippen LogP) is 2.42. The van der Waals surface area contributed by atoms with E-state index >= 15 is 0 Å². The minimum atomic E-state index is -5.28. The summed E-state index contributed by atoms with van der Waals surface area (Å²) in [5.74, 6) is -9.15. The Morgan fingerprint density at radius 1 is 1.18 bits per heavy atom. The minimum Gasteiger partial charge on any atom is -0.476 e. The smallest absolute Gasteiger partial charge is 0.436 e. The van der Waals surface area contributed by atoms with Gasteiger partial charge in [0.15, 0.2) is 11.5 Å². The topological polar surface area (TPSA) is 50.2 Å². The van der Waals surface area contributed by atoms with Gasteiger partial charge < -0.3 is 5.11 Å². The summed E-state index contributed by atoms with van der Waals surface area (Å²) in [6.07, 6.45) is -5.28. The molecule has 1 aromatic rings. The zero-order valence-electron chi connectivity index (χ0n) is 7.73. The third-order valence-corrected chi connectivity index (χ3v) is 1.70. The molecule has 94 valence electrons. The molecular formula is C8H3F6NO2. The Labute approximate surface area is 89.7 Å². The van der Waals surface area contributed by atoms with Gasteiger partial charge >= 0.3 is 18.1 Å². The Morgan fingerprint density at radius 3 is 2.12 bits per heavy atom. The van der Waals surface area contributed by atoms with E-state index in [0.717, 1.165) is 0 Å². The number of alkyl halides is 5. The molecule has 0 saturated heterocycles. The fourth-order valence-corrected chi connectivity index (χ4v) is 0.925. The van der Waals surface area contributed by atoms with Crippen LogP contribution in [-0.2, 0) is 16.9 Å². The number of hydrogen-bond donors (Lipinski definition) is 1. The quantitative estimate of drug-likeness (QED) is 0.830. The Bertz CT molecular complexity index is 456. The van der Waals surface area contributed by atoms with E-state index in [9.17, 15) is 31.1 Å². The van der Waals surface area contributed by atoms with Gasteiger partial charge in [-0.15, -0.1) is 0 Å². The van der Waals surface area contributed by atoms with Crippen LogP contribution in [0.3, 0.4) is 0 Å². The highest BCUT2D eigenvalue weighted by molar-refractivity contribution is 5.76. The first-order valence-corrected chi connectivity index (χ1v) is 3.92. The van der Waals surface area contributed by atoms with Crippen LogP contribution in [-0.4, -0.2) is 16.1 Å². The van der Waals surface area contributed by atoms with Gasteiger partial charge in [0, 0.05) is 0 Å². The standard InChI is InChI=1S/C8H3F6NO2/c9-3-1-2-4(7(10,11)6(16)17)15-5(3)8(12,13)14/h1-2H,(H,16,17). The Hall–Kier alpha value is -1.80. The first-order chi connectivity index (χ1) is 7.56. The summed E-state index contributed by atoms with van der Waals surface area (Å²) >= 11 is 0. The second-order valence-electron chi connectivity index (χ2n) is 2.90. The number of halogens is 6. The number of aliphatic carboxylic acids is 1. The molecule has 1 N–H and O–H groups in total. The SMILES string of the molecule is O=C(O)C(F)(F)c1ccc(F)c(C(F)(F)F)n1. The number of nitrogens with zero attached hydrogens (tertiary/aromatic N) is 1. The lowest BCUT2D eigenvalue weighted by molar-refractivity contribution is -0.167. The van der Waals surface area contributed by atoms with Crippen molar-refractivity contribution in [3.05, 3.63) is 29.3 Å². The number of carbonyl (C=O) groups is 1. The maximum Gasteiger partial charge on any atom is 0.436 e. The molecule has 0 aliphatic rings. The number of carboxylic acid groups (broad SMARTS) is 1. The number of carboxylic acids is 1. The highest BCUT2D eigenvalue weighted by atomic mass is 19.4. The molecule has 3 nitrogen and oxygen atoms in total. The average molecular weight is 259 g/mol. The zero-order chi connectivity index (χ0) is 13.4. The van der Waals surface area contributed by atoms with Crippen molar-refractivity contribution in [2.24, 2.45) is 0 Å². The lowest BCUT2D eigenvalue weighted by Gasteiger charge is -2.13. The largest absolute Gasteiger partial charge is 0.476 e. The Balaban J connectivity index is 3.37. The second kappa shape index (κ2) is 3.90. The van der Waals surface area contributed by atoms with E-state index < -0.39 is 35.3 Å². The van der Waals surface area contributed by atoms with Gasteiger partial charge in [0.25, 0.3) is 0 Å². The maximum atomic E-state index is 12.8. The summed E-state index contributed by atoms with van der Waals surface area (Å²) in [6, 6.07) is 0.265. The Kier molecular flexibility index (Phi) is 3.04. The maximum absolute atomic E-state index is 12.8. The van der Waals surface area contributed by atoms with Crippen molar-refractivity contribution >= 4 is 5.97 Å². The van der Waals surface area contributed by atoms with Gasteiger partial charge in [0.05, 0.1) is 0 Å². The van der Waals surface area contributed by atoms with Gasteiger partial charge in [0.2, 0.25) is 0 Å². The molecule has 0 amide bonds. The molecule has 0 aliphatic carbocycles. The summed E-state index contributed by atoms with van der Waals surface area (Å²) in [5, 5.41) is 8.09. The van der Waals surface area contributed by atoms with Crippen LogP contribution in [0.4, 0.5) is 26.3 Å². The molecule has 0 aromatic carbocycles. The number of hydrogen-bond acceptors (Lipinski definition) is 2. The molecule has 0 spiro atoms. The van der Waals surface area contributed by atoms with E-state index in [1.807, 2.05) is 0 Å². The van der Waals surface area contributed by atoms with E-state index in [0.29, 0.717) is 0 Å². The molecular weight excluding hydrogens is 256 g/mol. The summed E-state index contributed by atoms with van der Waals surface area (Å²) < 4.78 is 74.7. The van der Waals surface area contributed by atoms with E-state index in [4.69, 9.17) is 5.11 Å². The van der Waals surface area contributed by atoms with Gasteiger partial charge in [-0.1, -0.05) is 0 Å². The summed E-state index contributed by atoms with van der Waals surface area (Å²) in [6.45, 7) is 0. The van der Waals surface area contributed by atoms with E-state index in [2.05, 4.69) is 4.98 Å². The van der Waals surface area contributed by atoms with Crippen molar-refractivity contribution in [3.8, 4) is 0 Å². The highest BCUT2D eigenvalue weighted by Gasteiger charge is 2.45. The van der Waals surface area contributed by atoms with Crippen LogP contribution in [0.2, 0.25) is 0 Å². The van der Waals surface area contributed by atoms with Gasteiger partial charge in [-0.2, -0.15) is 22.0 Å². The van der Waals surface area contributed by atoms with Gasteiger partial charge in [-0.05, 0) is 12.1 Å². The fraction of sp³-hybridized carbons (Fsp3) is 0.250. The van der Waals surface area contributed by atoms with Crippen molar-refractivity contribution in [1.29, 1.82) is 0 Å². The third-order valence-electron chi connectivity index (χ3n) is 1.70. The van der Waals surface area contributed by atoms with Crippen LogP contribution in [0.15, 0.2) is 12.1 Å². The van der Waals surface area contributed by atoms with Crippen LogP contribution in [0.25, 0.3) is 0 Å².